The van der Waals surface area contributed by atoms with Crippen LogP contribution in [0.15, 0.2) is 30.5 Å². The molecule has 0 saturated heterocycles. The number of hydrogen-bond acceptors (Lipinski definition) is 3. The van der Waals surface area contributed by atoms with Crippen molar-refractivity contribution in [1.82, 2.24) is 9.97 Å². The second kappa shape index (κ2) is 4.29. The molecule has 0 radical (unpaired) electrons. The summed E-state index contributed by atoms with van der Waals surface area (Å²) in [7, 11) is 0. The number of carbonyl (C=O) groups is 1. The van der Waals surface area contributed by atoms with Crippen LogP contribution in [0.1, 0.15) is 16.2 Å². The van der Waals surface area contributed by atoms with Crippen LogP contribution in [0.5, 0.6) is 0 Å². The fraction of sp³-hybridized carbons (Fsp3) is 0.0833. The Bertz CT molecular complexity index is 567. The smallest absolute Gasteiger partial charge is 0.339 e. The Balaban J connectivity index is 2.60. The van der Waals surface area contributed by atoms with E-state index >= 15 is 0 Å². The first-order valence-corrected chi connectivity index (χ1v) is 4.91. The molecule has 1 heterocycles. The van der Waals surface area contributed by atoms with Gasteiger partial charge in [0.05, 0.1) is 5.69 Å². The summed E-state index contributed by atoms with van der Waals surface area (Å²) in [5, 5.41) is 9.02. The van der Waals surface area contributed by atoms with Crippen molar-refractivity contribution in [3.63, 3.8) is 0 Å². The standard InChI is InChI=1S/C12H9FN2O2/c1-7-14-6-10(12(16)17)11(15-7)8-2-4-9(13)5-3-8/h2-6H,1H3,(H,16,17). The molecular formula is C12H9FN2O2. The number of carboxylic acid groups (broad SMARTS) is 1. The topological polar surface area (TPSA) is 63.1 Å². The number of benzene rings is 1. The van der Waals surface area contributed by atoms with Gasteiger partial charge in [-0.15, -0.1) is 0 Å². The van der Waals surface area contributed by atoms with E-state index in [4.69, 9.17) is 5.11 Å². The lowest BCUT2D eigenvalue weighted by atomic mass is 10.1. The van der Waals surface area contributed by atoms with Gasteiger partial charge in [0.1, 0.15) is 17.2 Å². The van der Waals surface area contributed by atoms with Crippen LogP contribution in [0.4, 0.5) is 4.39 Å². The molecule has 1 N–H and O–H groups in total. The summed E-state index contributed by atoms with van der Waals surface area (Å²) in [6, 6.07) is 5.50. The molecule has 0 fully saturated rings. The highest BCUT2D eigenvalue weighted by atomic mass is 19.1. The van der Waals surface area contributed by atoms with Gasteiger partial charge in [-0.3, -0.25) is 0 Å². The number of nitrogens with zero attached hydrogens (tertiary/aromatic N) is 2. The van der Waals surface area contributed by atoms with Gasteiger partial charge in [-0.2, -0.15) is 0 Å². The molecule has 2 rings (SSSR count). The van der Waals surface area contributed by atoms with E-state index in [1.54, 1.807) is 6.92 Å². The van der Waals surface area contributed by atoms with Gasteiger partial charge in [-0.25, -0.2) is 19.2 Å². The van der Waals surface area contributed by atoms with E-state index in [1.807, 2.05) is 0 Å². The average molecular weight is 232 g/mol. The molecule has 86 valence electrons. The average Bonchev–Trinajstić information content (AvgIpc) is 2.29. The molecule has 0 atom stereocenters. The fourth-order valence-corrected chi connectivity index (χ4v) is 1.45. The van der Waals surface area contributed by atoms with E-state index in [1.165, 1.54) is 30.5 Å². The third kappa shape index (κ3) is 2.28. The molecule has 17 heavy (non-hydrogen) atoms. The maximum absolute atomic E-state index is 12.8. The molecule has 0 saturated carbocycles. The van der Waals surface area contributed by atoms with Gasteiger partial charge in [0, 0.05) is 11.8 Å². The van der Waals surface area contributed by atoms with Gasteiger partial charge in [0.2, 0.25) is 0 Å². The van der Waals surface area contributed by atoms with Crippen molar-refractivity contribution in [2.45, 2.75) is 6.92 Å². The Morgan fingerprint density at radius 3 is 2.53 bits per heavy atom. The zero-order valence-electron chi connectivity index (χ0n) is 9.01. The Morgan fingerprint density at radius 2 is 1.94 bits per heavy atom. The van der Waals surface area contributed by atoms with E-state index in [-0.39, 0.29) is 11.4 Å². The van der Waals surface area contributed by atoms with Crippen LogP contribution >= 0.6 is 0 Å². The lowest BCUT2D eigenvalue weighted by molar-refractivity contribution is 0.0697. The molecule has 1 aromatic heterocycles. The maximum atomic E-state index is 12.8. The number of aryl methyl sites for hydroxylation is 1. The lowest BCUT2D eigenvalue weighted by Gasteiger charge is -2.05. The molecule has 4 nitrogen and oxygen atoms in total. The molecule has 1 aromatic carbocycles. The molecule has 0 aliphatic heterocycles. The van der Waals surface area contributed by atoms with Gasteiger partial charge in [0.15, 0.2) is 0 Å². The number of aromatic nitrogens is 2. The van der Waals surface area contributed by atoms with Crippen molar-refractivity contribution in [1.29, 1.82) is 0 Å². The van der Waals surface area contributed by atoms with Crippen molar-refractivity contribution in [2.24, 2.45) is 0 Å². The minimum Gasteiger partial charge on any atom is -0.478 e. The zero-order chi connectivity index (χ0) is 12.4. The molecule has 5 heteroatoms. The minimum absolute atomic E-state index is 0.00204. The summed E-state index contributed by atoms with van der Waals surface area (Å²) in [4.78, 5) is 18.9. The normalized spacial score (nSPS) is 10.2. The molecule has 0 bridgehead atoms. The molecule has 0 amide bonds. The summed E-state index contributed by atoms with van der Waals surface area (Å²) in [6.45, 7) is 1.67. The zero-order valence-corrected chi connectivity index (χ0v) is 9.01. The second-order valence-electron chi connectivity index (χ2n) is 3.49. The summed E-state index contributed by atoms with van der Waals surface area (Å²) in [5.74, 6) is -1.02. The maximum Gasteiger partial charge on any atom is 0.339 e. The number of halogens is 1. The van der Waals surface area contributed by atoms with Crippen LogP contribution in [0.2, 0.25) is 0 Å². The summed E-state index contributed by atoms with van der Waals surface area (Å²) in [5.41, 5.74) is 0.849. The quantitative estimate of drug-likeness (QED) is 0.862. The van der Waals surface area contributed by atoms with Crippen LogP contribution in [-0.2, 0) is 0 Å². The van der Waals surface area contributed by atoms with Crippen molar-refractivity contribution in [3.8, 4) is 11.3 Å². The first kappa shape index (κ1) is 11.2. The highest BCUT2D eigenvalue weighted by molar-refractivity contribution is 5.94. The second-order valence-corrected chi connectivity index (χ2v) is 3.49. The third-order valence-corrected chi connectivity index (χ3v) is 2.26. The Labute approximate surface area is 96.8 Å². The fourth-order valence-electron chi connectivity index (χ4n) is 1.45. The molecule has 0 aliphatic carbocycles. The molecular weight excluding hydrogens is 223 g/mol. The number of carboxylic acids is 1. The van der Waals surface area contributed by atoms with Gasteiger partial charge < -0.3 is 5.11 Å². The molecule has 0 aliphatic rings. The summed E-state index contributed by atoms with van der Waals surface area (Å²) >= 11 is 0. The molecule has 0 spiro atoms. The first-order chi connectivity index (χ1) is 8.08. The van der Waals surface area contributed by atoms with Crippen molar-refractivity contribution in [3.05, 3.63) is 47.7 Å². The third-order valence-electron chi connectivity index (χ3n) is 2.26. The van der Waals surface area contributed by atoms with Crippen LogP contribution in [0.3, 0.4) is 0 Å². The predicted molar refractivity (Wildman–Crippen MR) is 59.1 cm³/mol. The van der Waals surface area contributed by atoms with Crippen LogP contribution < -0.4 is 0 Å². The lowest BCUT2D eigenvalue weighted by Crippen LogP contribution is -2.04. The van der Waals surface area contributed by atoms with E-state index in [0.29, 0.717) is 17.1 Å². The highest BCUT2D eigenvalue weighted by Crippen LogP contribution is 2.21. The van der Waals surface area contributed by atoms with Gasteiger partial charge in [-0.05, 0) is 31.2 Å². The van der Waals surface area contributed by atoms with E-state index in [0.717, 1.165) is 0 Å². The van der Waals surface area contributed by atoms with Crippen LogP contribution in [0.25, 0.3) is 11.3 Å². The van der Waals surface area contributed by atoms with Crippen LogP contribution in [-0.4, -0.2) is 21.0 Å². The first-order valence-electron chi connectivity index (χ1n) is 4.91. The minimum atomic E-state index is -1.11. The monoisotopic (exact) mass is 232 g/mol. The molecule has 2 aromatic rings. The van der Waals surface area contributed by atoms with E-state index in [9.17, 15) is 9.18 Å². The van der Waals surface area contributed by atoms with Crippen molar-refractivity contribution >= 4 is 5.97 Å². The Hall–Kier alpha value is -2.30. The van der Waals surface area contributed by atoms with Crippen LogP contribution in [0, 0.1) is 12.7 Å². The van der Waals surface area contributed by atoms with Gasteiger partial charge in [0.25, 0.3) is 0 Å². The predicted octanol–water partition coefficient (Wildman–Crippen LogP) is 2.29. The number of rotatable bonds is 2. The number of hydrogen-bond donors (Lipinski definition) is 1. The summed E-state index contributed by atoms with van der Waals surface area (Å²) in [6.07, 6.45) is 1.25. The summed E-state index contributed by atoms with van der Waals surface area (Å²) < 4.78 is 12.8. The Kier molecular flexibility index (Phi) is 2.82. The van der Waals surface area contributed by atoms with Gasteiger partial charge >= 0.3 is 5.97 Å². The van der Waals surface area contributed by atoms with Crippen molar-refractivity contribution < 1.29 is 14.3 Å². The largest absolute Gasteiger partial charge is 0.478 e. The Morgan fingerprint density at radius 1 is 1.29 bits per heavy atom. The van der Waals surface area contributed by atoms with Gasteiger partial charge in [-0.1, -0.05) is 0 Å². The molecule has 0 unspecified atom stereocenters. The van der Waals surface area contributed by atoms with E-state index < -0.39 is 5.97 Å². The SMILES string of the molecule is Cc1ncc(C(=O)O)c(-c2ccc(F)cc2)n1. The van der Waals surface area contributed by atoms with Crippen molar-refractivity contribution in [2.75, 3.05) is 0 Å². The highest BCUT2D eigenvalue weighted by Gasteiger charge is 2.14. The number of aromatic carboxylic acids is 1. The van der Waals surface area contributed by atoms with E-state index in [2.05, 4.69) is 9.97 Å².